The number of nitriles is 1. The van der Waals surface area contributed by atoms with Gasteiger partial charge in [0.1, 0.15) is 0 Å². The summed E-state index contributed by atoms with van der Waals surface area (Å²) < 4.78 is 105. The minimum atomic E-state index is -4.51. The maximum atomic E-state index is 16.0. The van der Waals surface area contributed by atoms with Crippen molar-refractivity contribution in [2.24, 2.45) is 0 Å². The van der Waals surface area contributed by atoms with Crippen molar-refractivity contribution in [3.63, 3.8) is 0 Å². The van der Waals surface area contributed by atoms with Crippen LogP contribution in [0, 0.1) is 54.7 Å². The standard InChI is InChI=1S/C41H26F3N3.C41H23N5.C40H20F4N4/c1-25-21-29(23-30(22-25)41(42,43)44)32-24-34-40(47-39(28-17-9-4-10-18-28)38(46-34)27-15-7-3-8-16-27)35-31-19-11-12-20-33(31)45-37(36(32)35)26-13-5-2-6-14-26;1-43-31-22-26(25-42)21-30(23-31)33-24-35-41(46-40(29-17-9-4-10-18-29)39(45-35)28-15-7-3-8-16-28)36-32-19-11-12-20-34(32)44-38(37(33)36)27-13-5-2-6-14-27;1-45-40-34(43)32(41)31(33(42)35(40)44)26-21-28-39(48-38(24-17-9-4-10-18-24)37(47-28)23-15-7-3-8-16-23)29-25-19-11-12-20-27(25)46-36(30(26)29)22-13-5-2-6-14-22/h2-24H,1H3;2-24H;2-21H. The van der Waals surface area contributed by atoms with Crippen LogP contribution in [0.5, 0.6) is 0 Å². The molecule has 141 heavy (non-hydrogen) atoms. The normalized spacial score (nSPS) is 11.4. The van der Waals surface area contributed by atoms with Gasteiger partial charge in [-0.1, -0.05) is 334 Å². The molecule has 0 amide bonds. The minimum Gasteiger partial charge on any atom is -0.247 e. The Morgan fingerprint density at radius 3 is 0.823 bits per heavy atom. The van der Waals surface area contributed by atoms with Gasteiger partial charge in [0.25, 0.3) is 5.69 Å². The first-order chi connectivity index (χ1) is 69.0. The molecule has 0 N–H and O–H groups in total. The van der Waals surface area contributed by atoms with E-state index in [4.69, 9.17) is 58.0 Å². The van der Waals surface area contributed by atoms with Crippen molar-refractivity contribution in [1.82, 2.24) is 44.9 Å². The number of benzene rings is 18. The van der Waals surface area contributed by atoms with Gasteiger partial charge in [-0.15, -0.1) is 0 Å². The van der Waals surface area contributed by atoms with Crippen molar-refractivity contribution >= 4 is 110 Å². The molecule has 0 bridgehead atoms. The molecule has 0 spiro atoms. The molecule has 666 valence electrons. The Labute approximate surface area is 802 Å². The number of hydrogen-bond donors (Lipinski definition) is 0. The van der Waals surface area contributed by atoms with E-state index in [0.717, 1.165) is 127 Å². The van der Waals surface area contributed by atoms with Crippen molar-refractivity contribution in [1.29, 1.82) is 5.26 Å². The first kappa shape index (κ1) is 87.3. The van der Waals surface area contributed by atoms with Crippen LogP contribution in [0.4, 0.5) is 42.1 Å². The van der Waals surface area contributed by atoms with Gasteiger partial charge >= 0.3 is 6.18 Å². The molecule has 12 nitrogen and oxygen atoms in total. The van der Waals surface area contributed by atoms with Gasteiger partial charge < -0.3 is 0 Å². The first-order valence-electron chi connectivity index (χ1n) is 45.1. The third-order valence-electron chi connectivity index (χ3n) is 25.1. The van der Waals surface area contributed by atoms with E-state index in [1.165, 1.54) is 18.2 Å². The van der Waals surface area contributed by atoms with E-state index < -0.39 is 46.3 Å². The molecule has 0 aliphatic carbocycles. The van der Waals surface area contributed by atoms with Crippen molar-refractivity contribution in [2.45, 2.75) is 13.1 Å². The lowest BCUT2D eigenvalue weighted by molar-refractivity contribution is -0.137. The second kappa shape index (κ2) is 36.6. The summed E-state index contributed by atoms with van der Waals surface area (Å²) in [5.74, 6) is -6.94. The number of pyridine rings is 3. The molecule has 0 aliphatic heterocycles. The van der Waals surface area contributed by atoms with Crippen molar-refractivity contribution < 1.29 is 30.7 Å². The zero-order chi connectivity index (χ0) is 96.1. The number of fused-ring (bicyclic) bond motifs is 15. The molecule has 0 atom stereocenters. The van der Waals surface area contributed by atoms with Crippen molar-refractivity contribution in [3.05, 3.63) is 463 Å². The second-order valence-electron chi connectivity index (χ2n) is 33.8. The van der Waals surface area contributed by atoms with Crippen LogP contribution in [-0.4, -0.2) is 44.9 Å². The molecular weight excluding hydrogens is 1770 g/mol. The monoisotopic (exact) mass is 1830 g/mol. The molecule has 24 rings (SSSR count). The fourth-order valence-electron chi connectivity index (χ4n) is 18.8. The summed E-state index contributed by atoms with van der Waals surface area (Å²) in [5.41, 5.74) is 19.8. The van der Waals surface area contributed by atoms with Crippen LogP contribution < -0.4 is 0 Å². The largest absolute Gasteiger partial charge is 0.416 e. The van der Waals surface area contributed by atoms with Crippen LogP contribution in [0.25, 0.3) is 243 Å². The Bertz CT molecular complexity index is 9220. The number of aromatic nitrogens is 9. The summed E-state index contributed by atoms with van der Waals surface area (Å²) in [7, 11) is 0. The van der Waals surface area contributed by atoms with E-state index in [0.29, 0.717) is 100 Å². The highest BCUT2D eigenvalue weighted by Crippen LogP contribution is 2.52. The highest BCUT2D eigenvalue weighted by atomic mass is 19.4. The average molecular weight is 1840 g/mol. The lowest BCUT2D eigenvalue weighted by Gasteiger charge is -2.19. The van der Waals surface area contributed by atoms with Crippen LogP contribution >= 0.6 is 0 Å². The predicted molar refractivity (Wildman–Crippen MR) is 549 cm³/mol. The molecule has 0 radical (unpaired) electrons. The first-order valence-corrected chi connectivity index (χ1v) is 45.1. The summed E-state index contributed by atoms with van der Waals surface area (Å²) in [6.07, 6.45) is -4.51. The van der Waals surface area contributed by atoms with Crippen LogP contribution in [0.3, 0.4) is 0 Å². The Balaban J connectivity index is 0.000000121. The third-order valence-corrected chi connectivity index (χ3v) is 25.1. The molecule has 6 heterocycles. The molecule has 19 heteroatoms. The van der Waals surface area contributed by atoms with Gasteiger partial charge in [0.05, 0.1) is 131 Å². The highest BCUT2D eigenvalue weighted by Gasteiger charge is 2.35. The Morgan fingerprint density at radius 2 is 0.525 bits per heavy atom. The molecular formula is C122H69F7N12. The van der Waals surface area contributed by atoms with Crippen LogP contribution in [-0.2, 0) is 6.18 Å². The molecule has 18 aromatic carbocycles. The summed E-state index contributed by atoms with van der Waals surface area (Å²) in [6.45, 7) is 16.6. The predicted octanol–water partition coefficient (Wildman–Crippen LogP) is 32.9. The Morgan fingerprint density at radius 1 is 0.255 bits per heavy atom. The van der Waals surface area contributed by atoms with Crippen molar-refractivity contribution in [3.8, 4) is 141 Å². The fourth-order valence-corrected chi connectivity index (χ4v) is 18.8. The Hall–Kier alpha value is -19.0. The lowest BCUT2D eigenvalue weighted by atomic mass is 9.90. The number of aryl methyl sites for hydroxylation is 1. The molecule has 0 aliphatic rings. The fraction of sp³-hybridized carbons (Fsp3) is 0.0164. The SMILES string of the molecule is Cc1cc(-c2cc3nc(-c4ccccc4)c(-c4ccccc4)nc3c3c2c(-c2ccccc2)nc2ccccc23)cc(C(F)(F)F)c1.[C-]#[N+]c1c(F)c(F)c(-c2cc3nc(-c4ccccc4)c(-c4ccccc4)nc3c3c2c(-c2ccccc2)nc2ccccc23)c(F)c1F.[C-]#[N+]c1cc(C#N)cc(-c2cc3nc(-c4ccccc4)c(-c4ccccc4)nc3c3c2c(-c2ccccc2)nc2ccccc23)c1. The lowest BCUT2D eigenvalue weighted by Crippen LogP contribution is -2.05. The van der Waals surface area contributed by atoms with E-state index in [1.54, 1.807) is 49.4 Å². The van der Waals surface area contributed by atoms with E-state index in [1.807, 2.05) is 297 Å². The average Bonchev–Trinajstić information content (AvgIpc) is 0.714. The van der Waals surface area contributed by atoms with Gasteiger partial charge in [0, 0.05) is 104 Å². The van der Waals surface area contributed by atoms with Crippen molar-refractivity contribution in [2.75, 3.05) is 0 Å². The van der Waals surface area contributed by atoms with Crippen LogP contribution in [0.15, 0.2) is 400 Å². The highest BCUT2D eigenvalue weighted by molar-refractivity contribution is 6.29. The number of hydrogen-bond acceptors (Lipinski definition) is 10. The van der Waals surface area contributed by atoms with E-state index >= 15 is 17.6 Å². The van der Waals surface area contributed by atoms with Crippen LogP contribution in [0.1, 0.15) is 16.7 Å². The summed E-state index contributed by atoms with van der Waals surface area (Å²) in [4.78, 5) is 53.4. The summed E-state index contributed by atoms with van der Waals surface area (Å²) >= 11 is 0. The molecule has 0 saturated heterocycles. The quantitative estimate of drug-likeness (QED) is 0.0501. The van der Waals surface area contributed by atoms with E-state index in [-0.39, 0.29) is 16.5 Å². The molecule has 24 aromatic rings. The number of alkyl halides is 3. The summed E-state index contributed by atoms with van der Waals surface area (Å²) in [5, 5.41) is 16.3. The van der Waals surface area contributed by atoms with Gasteiger partial charge in [-0.25, -0.2) is 72.1 Å². The smallest absolute Gasteiger partial charge is 0.247 e. The maximum Gasteiger partial charge on any atom is 0.416 e. The zero-order valence-electron chi connectivity index (χ0n) is 74.6. The maximum absolute atomic E-state index is 16.0. The molecule has 0 unspecified atom stereocenters. The topological polar surface area (TPSA) is 149 Å². The number of para-hydroxylation sites is 3. The summed E-state index contributed by atoms with van der Waals surface area (Å²) in [6, 6.07) is 128. The van der Waals surface area contributed by atoms with Gasteiger partial charge in [-0.2, -0.15) is 18.4 Å². The van der Waals surface area contributed by atoms with E-state index in [9.17, 15) is 18.4 Å². The van der Waals surface area contributed by atoms with Gasteiger partial charge in [-0.3, -0.25) is 0 Å². The zero-order valence-corrected chi connectivity index (χ0v) is 74.6. The molecule has 0 saturated carbocycles. The second-order valence-corrected chi connectivity index (χ2v) is 33.8. The van der Waals surface area contributed by atoms with Gasteiger partial charge in [-0.05, 0) is 107 Å². The van der Waals surface area contributed by atoms with E-state index in [2.05, 4.69) is 58.2 Å². The Kier molecular flexibility index (Phi) is 22.7. The molecule has 0 fully saturated rings. The van der Waals surface area contributed by atoms with Gasteiger partial charge in [0.15, 0.2) is 29.0 Å². The minimum absolute atomic E-state index is 0.181. The van der Waals surface area contributed by atoms with Crippen LogP contribution in [0.2, 0.25) is 0 Å². The number of rotatable bonds is 12. The number of nitrogens with zero attached hydrogens (tertiary/aromatic N) is 12. The third kappa shape index (κ3) is 16.1. The number of halogens is 7. The molecule has 6 aromatic heterocycles. The van der Waals surface area contributed by atoms with Gasteiger partial charge in [0.2, 0.25) is 0 Å².